The molecule has 0 fully saturated rings. The topological polar surface area (TPSA) is 84.9 Å². The number of carboxylic acids is 1. The normalized spacial score (nSPS) is 10.6. The average molecular weight is 355 g/mol. The number of carbonyl (C=O) groups excluding carboxylic acids is 2. The number of benzene rings is 2. The van der Waals surface area contributed by atoms with E-state index in [0.717, 1.165) is 5.56 Å². The number of carbonyl (C=O) groups is 2. The van der Waals surface area contributed by atoms with Gasteiger partial charge in [-0.15, -0.1) is 0 Å². The second-order valence-electron chi connectivity index (χ2n) is 5.42. The van der Waals surface area contributed by atoms with Crippen LogP contribution in [0.1, 0.15) is 21.5 Å². The molecule has 0 aliphatic rings. The summed E-state index contributed by atoms with van der Waals surface area (Å²) < 4.78 is 15.5. The quantitative estimate of drug-likeness (QED) is 0.531. The first-order chi connectivity index (χ1) is 12.5. The van der Waals surface area contributed by atoms with Crippen molar-refractivity contribution in [1.29, 1.82) is 0 Å². The summed E-state index contributed by atoms with van der Waals surface area (Å²) >= 11 is 0. The zero-order valence-corrected chi connectivity index (χ0v) is 14.8. The van der Waals surface area contributed by atoms with Crippen LogP contribution in [-0.2, 0) is 11.2 Å². The lowest BCUT2D eigenvalue weighted by molar-refractivity contribution is -0.304. The second kappa shape index (κ2) is 8.71. The van der Waals surface area contributed by atoms with Gasteiger partial charge in [0.15, 0.2) is 5.78 Å². The molecule has 26 heavy (non-hydrogen) atoms. The van der Waals surface area contributed by atoms with Gasteiger partial charge in [0.25, 0.3) is 0 Å². The van der Waals surface area contributed by atoms with Crippen LogP contribution in [0.2, 0.25) is 0 Å². The van der Waals surface area contributed by atoms with Crippen molar-refractivity contribution in [3.05, 3.63) is 59.2 Å². The number of hydrogen-bond acceptors (Lipinski definition) is 6. The highest BCUT2D eigenvalue weighted by molar-refractivity contribution is 6.07. The Balaban J connectivity index is 2.26. The maximum atomic E-state index is 12.4. The van der Waals surface area contributed by atoms with Crippen LogP contribution in [0.3, 0.4) is 0 Å². The lowest BCUT2D eigenvalue weighted by atomic mass is 10.0. The van der Waals surface area contributed by atoms with Crippen molar-refractivity contribution in [2.24, 2.45) is 0 Å². The molecule has 6 heteroatoms. The predicted octanol–water partition coefficient (Wildman–Crippen LogP) is 1.90. The molecule has 0 atom stereocenters. The molecule has 0 bridgehead atoms. The molecule has 0 aliphatic heterocycles. The van der Waals surface area contributed by atoms with Gasteiger partial charge in [-0.1, -0.05) is 6.08 Å². The Morgan fingerprint density at radius 2 is 1.62 bits per heavy atom. The van der Waals surface area contributed by atoms with Crippen molar-refractivity contribution >= 4 is 17.8 Å². The molecule has 0 amide bonds. The van der Waals surface area contributed by atoms with E-state index >= 15 is 0 Å². The van der Waals surface area contributed by atoms with E-state index in [4.69, 9.17) is 14.2 Å². The Labute approximate surface area is 151 Å². The minimum Gasteiger partial charge on any atom is -0.550 e. The fourth-order valence-electron chi connectivity index (χ4n) is 2.42. The van der Waals surface area contributed by atoms with Crippen LogP contribution >= 0.6 is 0 Å². The number of rotatable bonds is 8. The Kier molecular flexibility index (Phi) is 6.38. The molecule has 136 valence electrons. The predicted molar refractivity (Wildman–Crippen MR) is 94.6 cm³/mol. The van der Waals surface area contributed by atoms with Crippen molar-refractivity contribution in [2.45, 2.75) is 6.42 Å². The summed E-state index contributed by atoms with van der Waals surface area (Å²) in [5.74, 6) is 0.0995. The summed E-state index contributed by atoms with van der Waals surface area (Å²) in [6.07, 6.45) is 2.70. The minimum absolute atomic E-state index is 0.269. The molecule has 0 unspecified atom stereocenters. The first-order valence-electron chi connectivity index (χ1n) is 7.79. The van der Waals surface area contributed by atoms with Gasteiger partial charge in [0, 0.05) is 29.6 Å². The second-order valence-corrected chi connectivity index (χ2v) is 5.42. The number of hydrogen-bond donors (Lipinski definition) is 0. The van der Waals surface area contributed by atoms with E-state index in [0.29, 0.717) is 28.4 Å². The number of carboxylic acid groups (broad SMARTS) is 1. The van der Waals surface area contributed by atoms with E-state index in [2.05, 4.69) is 0 Å². The zero-order valence-electron chi connectivity index (χ0n) is 14.8. The molecular formula is C20H19O6-. The van der Waals surface area contributed by atoms with Crippen molar-refractivity contribution in [3.8, 4) is 17.2 Å². The lowest BCUT2D eigenvalue weighted by Gasteiger charge is -2.10. The van der Waals surface area contributed by atoms with Crippen LogP contribution in [-0.4, -0.2) is 33.1 Å². The van der Waals surface area contributed by atoms with Gasteiger partial charge in [0.1, 0.15) is 17.2 Å². The van der Waals surface area contributed by atoms with Gasteiger partial charge >= 0.3 is 0 Å². The molecule has 6 nitrogen and oxygen atoms in total. The summed E-state index contributed by atoms with van der Waals surface area (Å²) in [6.45, 7) is 0. The number of ketones is 1. The summed E-state index contributed by atoms with van der Waals surface area (Å²) in [4.78, 5) is 23.3. The summed E-state index contributed by atoms with van der Waals surface area (Å²) in [7, 11) is 4.53. The Morgan fingerprint density at radius 1 is 0.962 bits per heavy atom. The highest BCUT2D eigenvalue weighted by Crippen LogP contribution is 2.24. The molecule has 0 N–H and O–H groups in total. The summed E-state index contributed by atoms with van der Waals surface area (Å²) in [5.41, 5.74) is 1.47. The van der Waals surface area contributed by atoms with Crippen molar-refractivity contribution < 1.29 is 28.9 Å². The van der Waals surface area contributed by atoms with Gasteiger partial charge in [-0.05, 0) is 42.0 Å². The molecule has 0 aliphatic carbocycles. The largest absolute Gasteiger partial charge is 0.550 e. The molecule has 2 rings (SSSR count). The molecule has 0 radical (unpaired) electrons. The van der Waals surface area contributed by atoms with Gasteiger partial charge in [-0.2, -0.15) is 0 Å². The molecule has 0 heterocycles. The first kappa shape index (κ1) is 19.1. The zero-order chi connectivity index (χ0) is 19.1. The van der Waals surface area contributed by atoms with E-state index in [1.807, 2.05) is 0 Å². The van der Waals surface area contributed by atoms with E-state index in [1.54, 1.807) is 50.6 Å². The first-order valence-corrected chi connectivity index (χ1v) is 7.79. The van der Waals surface area contributed by atoms with Crippen LogP contribution in [0.4, 0.5) is 0 Å². The van der Waals surface area contributed by atoms with E-state index < -0.39 is 5.97 Å². The van der Waals surface area contributed by atoms with E-state index in [-0.39, 0.29) is 12.2 Å². The number of allylic oxidation sites excluding steroid dienone is 1. The van der Waals surface area contributed by atoms with E-state index in [9.17, 15) is 14.7 Å². The van der Waals surface area contributed by atoms with Crippen LogP contribution in [0, 0.1) is 0 Å². The van der Waals surface area contributed by atoms with Crippen LogP contribution in [0.5, 0.6) is 17.2 Å². The third kappa shape index (κ3) is 4.86. The number of methoxy groups -OCH3 is 3. The molecule has 0 aromatic heterocycles. The third-order valence-electron chi connectivity index (χ3n) is 3.70. The minimum atomic E-state index is -1.24. The highest BCUT2D eigenvalue weighted by atomic mass is 16.5. The summed E-state index contributed by atoms with van der Waals surface area (Å²) in [5, 5.41) is 10.9. The van der Waals surface area contributed by atoms with Gasteiger partial charge in [0.05, 0.1) is 21.3 Å². The van der Waals surface area contributed by atoms with Crippen molar-refractivity contribution in [1.82, 2.24) is 0 Å². The van der Waals surface area contributed by atoms with Crippen LogP contribution in [0.15, 0.2) is 42.5 Å². The lowest BCUT2D eigenvalue weighted by Crippen LogP contribution is -2.24. The molecule has 0 spiro atoms. The van der Waals surface area contributed by atoms with Gasteiger partial charge in [-0.3, -0.25) is 4.79 Å². The van der Waals surface area contributed by atoms with Gasteiger partial charge < -0.3 is 24.1 Å². The molecule has 2 aromatic rings. The smallest absolute Gasteiger partial charge is 0.185 e. The monoisotopic (exact) mass is 355 g/mol. The fraction of sp³-hybridized carbons (Fsp3) is 0.200. The Bertz CT molecular complexity index is 816. The number of aliphatic carboxylic acids is 1. The molecular weight excluding hydrogens is 336 g/mol. The van der Waals surface area contributed by atoms with Crippen molar-refractivity contribution in [3.63, 3.8) is 0 Å². The highest BCUT2D eigenvalue weighted by Gasteiger charge is 2.09. The maximum Gasteiger partial charge on any atom is 0.185 e. The van der Waals surface area contributed by atoms with E-state index in [1.165, 1.54) is 19.3 Å². The van der Waals surface area contributed by atoms with Gasteiger partial charge in [0.2, 0.25) is 0 Å². The average Bonchev–Trinajstić information content (AvgIpc) is 2.65. The maximum absolute atomic E-state index is 12.4. The Morgan fingerprint density at radius 3 is 2.15 bits per heavy atom. The van der Waals surface area contributed by atoms with Crippen LogP contribution < -0.4 is 19.3 Å². The molecule has 0 saturated heterocycles. The summed E-state index contributed by atoms with van der Waals surface area (Å²) in [6, 6.07) is 9.90. The molecule has 2 aromatic carbocycles. The molecule has 0 saturated carbocycles. The Hall–Kier alpha value is -3.28. The van der Waals surface area contributed by atoms with Crippen molar-refractivity contribution in [2.75, 3.05) is 21.3 Å². The van der Waals surface area contributed by atoms with Gasteiger partial charge in [-0.25, -0.2) is 0 Å². The SMILES string of the molecule is COc1cc(/C=C/C(=O)c2ccc(OC)c(CC(=O)[O-])c2)cc(OC)c1. The standard InChI is InChI=1S/C20H20O6/c1-24-16-8-13(9-17(12-16)25-2)4-6-18(21)14-5-7-19(26-3)15(10-14)11-20(22)23/h4-10,12H,11H2,1-3H3,(H,22,23)/p-1/b6-4+. The third-order valence-corrected chi connectivity index (χ3v) is 3.70. The van der Waals surface area contributed by atoms with Crippen LogP contribution in [0.25, 0.3) is 6.08 Å². The fourth-order valence-corrected chi connectivity index (χ4v) is 2.42. The number of ether oxygens (including phenoxy) is 3.